The van der Waals surface area contributed by atoms with Crippen molar-refractivity contribution in [2.24, 2.45) is 5.41 Å². The molecule has 1 saturated carbocycles. The van der Waals surface area contributed by atoms with Crippen molar-refractivity contribution in [1.29, 1.82) is 0 Å². The van der Waals surface area contributed by atoms with Gasteiger partial charge in [-0.15, -0.1) is 0 Å². The molecule has 0 aromatic carbocycles. The SMILES string of the molecule is CC1(C(=O)NCC2CCCN2)CC1(F)F. The number of hydrogen-bond acceptors (Lipinski definition) is 2. The van der Waals surface area contributed by atoms with Crippen LogP contribution in [0.5, 0.6) is 0 Å². The highest BCUT2D eigenvalue weighted by Gasteiger charge is 2.72. The number of halogens is 2. The summed E-state index contributed by atoms with van der Waals surface area (Å²) in [4.78, 5) is 11.5. The molecule has 0 radical (unpaired) electrons. The number of nitrogens with one attached hydrogen (secondary N) is 2. The van der Waals surface area contributed by atoms with Crippen molar-refractivity contribution in [1.82, 2.24) is 10.6 Å². The molecule has 2 atom stereocenters. The number of carbonyl (C=O) groups excluding carboxylic acids is 1. The molecule has 1 amide bonds. The molecule has 0 aromatic heterocycles. The van der Waals surface area contributed by atoms with E-state index in [4.69, 9.17) is 0 Å². The Morgan fingerprint density at radius 2 is 2.27 bits per heavy atom. The van der Waals surface area contributed by atoms with Crippen molar-refractivity contribution in [3.8, 4) is 0 Å². The molecule has 1 aliphatic heterocycles. The van der Waals surface area contributed by atoms with Crippen LogP contribution in [0.2, 0.25) is 0 Å². The van der Waals surface area contributed by atoms with E-state index in [9.17, 15) is 13.6 Å². The lowest BCUT2D eigenvalue weighted by molar-refractivity contribution is -0.129. The molecule has 1 heterocycles. The fraction of sp³-hybridized carbons (Fsp3) is 0.900. The van der Waals surface area contributed by atoms with Crippen LogP contribution in [0.1, 0.15) is 26.2 Å². The fourth-order valence-corrected chi connectivity index (χ4v) is 1.99. The number of alkyl halides is 2. The Hall–Kier alpha value is -0.710. The zero-order valence-electron chi connectivity index (χ0n) is 8.78. The molecule has 1 aliphatic carbocycles. The summed E-state index contributed by atoms with van der Waals surface area (Å²) in [5, 5.41) is 5.80. The van der Waals surface area contributed by atoms with Crippen LogP contribution in [0, 0.1) is 5.41 Å². The van der Waals surface area contributed by atoms with Gasteiger partial charge in [0.2, 0.25) is 5.91 Å². The maximum atomic E-state index is 12.9. The third kappa shape index (κ3) is 1.85. The predicted molar refractivity (Wildman–Crippen MR) is 51.7 cm³/mol. The average Bonchev–Trinajstić information content (AvgIpc) is 2.57. The van der Waals surface area contributed by atoms with Gasteiger partial charge in [0.15, 0.2) is 0 Å². The van der Waals surface area contributed by atoms with Crippen LogP contribution in [-0.4, -0.2) is 31.0 Å². The zero-order chi connectivity index (χ0) is 11.1. The van der Waals surface area contributed by atoms with Crippen molar-refractivity contribution < 1.29 is 13.6 Å². The normalized spacial score (nSPS) is 37.7. The largest absolute Gasteiger partial charge is 0.354 e. The van der Waals surface area contributed by atoms with Gasteiger partial charge >= 0.3 is 0 Å². The molecule has 15 heavy (non-hydrogen) atoms. The van der Waals surface area contributed by atoms with Gasteiger partial charge in [0.1, 0.15) is 5.41 Å². The Morgan fingerprint density at radius 1 is 1.60 bits per heavy atom. The van der Waals surface area contributed by atoms with Gasteiger partial charge in [-0.1, -0.05) is 0 Å². The molecule has 2 N–H and O–H groups in total. The summed E-state index contributed by atoms with van der Waals surface area (Å²) in [5.74, 6) is -3.32. The molecular formula is C10H16F2N2O. The molecule has 3 nitrogen and oxygen atoms in total. The zero-order valence-corrected chi connectivity index (χ0v) is 8.78. The molecule has 5 heteroatoms. The highest BCUT2D eigenvalue weighted by molar-refractivity contribution is 5.86. The second kappa shape index (κ2) is 3.40. The van der Waals surface area contributed by atoms with E-state index in [0.717, 1.165) is 19.4 Å². The summed E-state index contributed by atoms with van der Waals surface area (Å²) >= 11 is 0. The molecule has 0 aromatic rings. The lowest BCUT2D eigenvalue weighted by Crippen LogP contribution is -2.41. The Balaban J connectivity index is 1.78. The second-order valence-corrected chi connectivity index (χ2v) is 4.72. The van der Waals surface area contributed by atoms with Gasteiger partial charge in [0.05, 0.1) is 0 Å². The molecule has 0 spiro atoms. The Kier molecular flexibility index (Phi) is 2.45. The number of rotatable bonds is 3. The van der Waals surface area contributed by atoms with E-state index in [-0.39, 0.29) is 12.5 Å². The standard InChI is InChI=1S/C10H16F2N2O/c1-9(6-10(9,11)12)8(15)14-5-7-3-2-4-13-7/h7,13H,2-6H2,1H3,(H,14,15). The minimum Gasteiger partial charge on any atom is -0.354 e. The quantitative estimate of drug-likeness (QED) is 0.739. The first-order chi connectivity index (χ1) is 6.96. The monoisotopic (exact) mass is 218 g/mol. The first kappa shape index (κ1) is 10.8. The van der Waals surface area contributed by atoms with Gasteiger partial charge in [-0.05, 0) is 26.3 Å². The minimum atomic E-state index is -2.81. The van der Waals surface area contributed by atoms with E-state index in [0.29, 0.717) is 6.54 Å². The molecule has 2 unspecified atom stereocenters. The molecule has 2 rings (SSSR count). The molecular weight excluding hydrogens is 202 g/mol. The lowest BCUT2D eigenvalue weighted by atomic mass is 10.1. The number of hydrogen-bond donors (Lipinski definition) is 2. The van der Waals surface area contributed by atoms with Gasteiger partial charge in [-0.3, -0.25) is 4.79 Å². The minimum absolute atomic E-state index is 0.255. The van der Waals surface area contributed by atoms with Crippen LogP contribution in [0.3, 0.4) is 0 Å². The van der Waals surface area contributed by atoms with Gasteiger partial charge in [0.25, 0.3) is 5.92 Å². The third-order valence-electron chi connectivity index (χ3n) is 3.43. The van der Waals surface area contributed by atoms with Gasteiger partial charge in [0, 0.05) is 19.0 Å². The summed E-state index contributed by atoms with van der Waals surface area (Å²) in [6.07, 6.45) is 1.78. The molecule has 2 fully saturated rings. The van der Waals surface area contributed by atoms with Crippen LogP contribution < -0.4 is 10.6 Å². The first-order valence-corrected chi connectivity index (χ1v) is 5.35. The maximum Gasteiger partial charge on any atom is 0.263 e. The summed E-state index contributed by atoms with van der Waals surface area (Å²) in [5.41, 5.74) is -1.45. The topological polar surface area (TPSA) is 41.1 Å². The van der Waals surface area contributed by atoms with E-state index in [2.05, 4.69) is 10.6 Å². The van der Waals surface area contributed by atoms with Crippen LogP contribution in [0.4, 0.5) is 8.78 Å². The highest BCUT2D eigenvalue weighted by atomic mass is 19.3. The molecule has 86 valence electrons. The number of amides is 1. The van der Waals surface area contributed by atoms with Gasteiger partial charge < -0.3 is 10.6 Å². The maximum absolute atomic E-state index is 12.9. The first-order valence-electron chi connectivity index (χ1n) is 5.35. The van der Waals surface area contributed by atoms with E-state index in [1.165, 1.54) is 6.92 Å². The Morgan fingerprint density at radius 3 is 2.73 bits per heavy atom. The van der Waals surface area contributed by atoms with Crippen LogP contribution in [0.25, 0.3) is 0 Å². The summed E-state index contributed by atoms with van der Waals surface area (Å²) < 4.78 is 25.7. The second-order valence-electron chi connectivity index (χ2n) is 4.72. The van der Waals surface area contributed by atoms with Crippen molar-refractivity contribution in [2.75, 3.05) is 13.1 Å². The molecule has 0 bridgehead atoms. The smallest absolute Gasteiger partial charge is 0.263 e. The summed E-state index contributed by atoms with van der Waals surface area (Å²) in [7, 11) is 0. The van der Waals surface area contributed by atoms with Crippen molar-refractivity contribution in [3.63, 3.8) is 0 Å². The highest BCUT2D eigenvalue weighted by Crippen LogP contribution is 2.60. The Labute approximate surface area is 87.6 Å². The van der Waals surface area contributed by atoms with Crippen LogP contribution >= 0.6 is 0 Å². The summed E-state index contributed by atoms with van der Waals surface area (Å²) in [6.45, 7) is 2.74. The van der Waals surface area contributed by atoms with E-state index in [1.54, 1.807) is 0 Å². The predicted octanol–water partition coefficient (Wildman–Crippen LogP) is 0.900. The summed E-state index contributed by atoms with van der Waals surface area (Å²) in [6, 6.07) is 0.255. The molecule has 1 saturated heterocycles. The average molecular weight is 218 g/mol. The Bertz CT molecular complexity index is 277. The van der Waals surface area contributed by atoms with E-state index < -0.39 is 17.2 Å². The van der Waals surface area contributed by atoms with Gasteiger partial charge in [-0.2, -0.15) is 0 Å². The van der Waals surface area contributed by atoms with E-state index >= 15 is 0 Å². The van der Waals surface area contributed by atoms with Crippen LogP contribution in [0.15, 0.2) is 0 Å². The van der Waals surface area contributed by atoms with Crippen molar-refractivity contribution >= 4 is 5.91 Å². The van der Waals surface area contributed by atoms with Crippen molar-refractivity contribution in [3.05, 3.63) is 0 Å². The van der Waals surface area contributed by atoms with Crippen LogP contribution in [-0.2, 0) is 4.79 Å². The third-order valence-corrected chi connectivity index (χ3v) is 3.43. The van der Waals surface area contributed by atoms with E-state index in [1.807, 2.05) is 0 Å². The number of carbonyl (C=O) groups is 1. The molecule has 2 aliphatic rings. The fourth-order valence-electron chi connectivity index (χ4n) is 1.99. The van der Waals surface area contributed by atoms with Crippen molar-refractivity contribution in [2.45, 2.75) is 38.2 Å². The lowest BCUT2D eigenvalue weighted by Gasteiger charge is -2.14. The van der Waals surface area contributed by atoms with Gasteiger partial charge in [-0.25, -0.2) is 8.78 Å².